The minimum Gasteiger partial charge on any atom is -0.366 e. The fraction of sp³-hybridized carbons (Fsp3) is 0.222. The first-order valence-corrected chi connectivity index (χ1v) is 4.11. The van der Waals surface area contributed by atoms with E-state index in [1.807, 2.05) is 6.92 Å². The molecule has 0 aliphatic rings. The van der Waals surface area contributed by atoms with Crippen LogP contribution < -0.4 is 5.73 Å². The molecule has 1 amide bonds. The highest BCUT2D eigenvalue weighted by molar-refractivity contribution is 6.31. The second kappa shape index (κ2) is 3.59. The van der Waals surface area contributed by atoms with Gasteiger partial charge < -0.3 is 5.73 Å². The average molecular weight is 184 g/mol. The lowest BCUT2D eigenvalue weighted by Gasteiger charge is -2.05. The van der Waals surface area contributed by atoms with Crippen molar-refractivity contribution in [2.24, 2.45) is 5.73 Å². The van der Waals surface area contributed by atoms with Gasteiger partial charge in [-0.1, -0.05) is 24.6 Å². The van der Waals surface area contributed by atoms with Gasteiger partial charge in [-0.25, -0.2) is 0 Å². The van der Waals surface area contributed by atoms with Crippen LogP contribution in [-0.2, 0) is 6.42 Å². The number of hydrogen-bond donors (Lipinski definition) is 1. The van der Waals surface area contributed by atoms with Gasteiger partial charge in [0, 0.05) is 10.6 Å². The summed E-state index contributed by atoms with van der Waals surface area (Å²) < 4.78 is 0. The number of halogens is 1. The van der Waals surface area contributed by atoms with Crippen molar-refractivity contribution in [1.82, 2.24) is 0 Å². The molecule has 0 aromatic heterocycles. The highest BCUT2D eigenvalue weighted by Gasteiger charge is 2.08. The molecule has 64 valence electrons. The summed E-state index contributed by atoms with van der Waals surface area (Å²) in [6.45, 7) is 1.94. The smallest absolute Gasteiger partial charge is 0.249 e. The molecule has 1 aromatic rings. The van der Waals surface area contributed by atoms with Crippen LogP contribution in [0.1, 0.15) is 22.8 Å². The normalized spacial score (nSPS) is 9.83. The van der Waals surface area contributed by atoms with E-state index in [1.54, 1.807) is 18.2 Å². The summed E-state index contributed by atoms with van der Waals surface area (Å²) in [5.74, 6) is -0.422. The van der Waals surface area contributed by atoms with Gasteiger partial charge in [0.1, 0.15) is 0 Å². The maximum Gasteiger partial charge on any atom is 0.249 e. The molecule has 0 spiro atoms. The first-order valence-electron chi connectivity index (χ1n) is 3.74. The second-order valence-corrected chi connectivity index (χ2v) is 2.89. The molecule has 2 N–H and O–H groups in total. The minimum absolute atomic E-state index is 0.422. The molecule has 0 saturated heterocycles. The molecule has 3 heteroatoms. The van der Waals surface area contributed by atoms with Gasteiger partial charge in [0.25, 0.3) is 0 Å². The Hall–Kier alpha value is -1.02. The number of carbonyl (C=O) groups is 1. The SMILES string of the molecule is CCc1c(Cl)cccc1C(N)=O. The van der Waals surface area contributed by atoms with E-state index in [0.717, 1.165) is 12.0 Å². The van der Waals surface area contributed by atoms with Crippen molar-refractivity contribution in [3.63, 3.8) is 0 Å². The van der Waals surface area contributed by atoms with Gasteiger partial charge in [-0.3, -0.25) is 4.79 Å². The first-order chi connectivity index (χ1) is 5.66. The van der Waals surface area contributed by atoms with Gasteiger partial charge in [0.15, 0.2) is 0 Å². The molecule has 1 aromatic carbocycles. The zero-order chi connectivity index (χ0) is 9.14. The fourth-order valence-electron chi connectivity index (χ4n) is 1.15. The van der Waals surface area contributed by atoms with E-state index in [4.69, 9.17) is 17.3 Å². The van der Waals surface area contributed by atoms with Crippen molar-refractivity contribution in [3.05, 3.63) is 34.3 Å². The van der Waals surface area contributed by atoms with Crippen molar-refractivity contribution < 1.29 is 4.79 Å². The molecule has 0 heterocycles. The summed E-state index contributed by atoms with van der Waals surface area (Å²) in [6, 6.07) is 5.17. The van der Waals surface area contributed by atoms with Crippen molar-refractivity contribution in [3.8, 4) is 0 Å². The van der Waals surface area contributed by atoms with Gasteiger partial charge in [0.05, 0.1) is 0 Å². The number of benzene rings is 1. The van der Waals surface area contributed by atoms with E-state index in [1.165, 1.54) is 0 Å². The molecule has 0 aliphatic carbocycles. The van der Waals surface area contributed by atoms with Crippen LogP contribution in [-0.4, -0.2) is 5.91 Å². The third-order valence-electron chi connectivity index (χ3n) is 1.74. The number of rotatable bonds is 2. The van der Waals surface area contributed by atoms with E-state index in [2.05, 4.69) is 0 Å². The van der Waals surface area contributed by atoms with E-state index in [-0.39, 0.29) is 0 Å². The van der Waals surface area contributed by atoms with Crippen LogP contribution in [0.4, 0.5) is 0 Å². The van der Waals surface area contributed by atoms with E-state index in [9.17, 15) is 4.79 Å². The Morgan fingerprint density at radius 2 is 2.25 bits per heavy atom. The Bertz CT molecular complexity index is 309. The second-order valence-electron chi connectivity index (χ2n) is 2.48. The molecule has 0 atom stereocenters. The van der Waals surface area contributed by atoms with Crippen LogP contribution in [0.15, 0.2) is 18.2 Å². The quantitative estimate of drug-likeness (QED) is 0.749. The van der Waals surface area contributed by atoms with Crippen molar-refractivity contribution in [2.45, 2.75) is 13.3 Å². The molecule has 0 radical (unpaired) electrons. The Kier molecular flexibility index (Phi) is 2.71. The lowest BCUT2D eigenvalue weighted by atomic mass is 10.1. The standard InChI is InChI=1S/C9H10ClNO/c1-2-6-7(9(11)12)4-3-5-8(6)10/h3-5H,2H2,1H3,(H2,11,12). The number of hydrogen-bond acceptors (Lipinski definition) is 1. The Balaban J connectivity index is 3.27. The van der Waals surface area contributed by atoms with Crippen LogP contribution in [0, 0.1) is 0 Å². The third-order valence-corrected chi connectivity index (χ3v) is 2.09. The predicted molar refractivity (Wildman–Crippen MR) is 49.3 cm³/mol. The Labute approximate surface area is 76.3 Å². The van der Waals surface area contributed by atoms with Gasteiger partial charge in [-0.2, -0.15) is 0 Å². The number of amides is 1. The highest BCUT2D eigenvalue weighted by atomic mass is 35.5. The third kappa shape index (κ3) is 1.59. The lowest BCUT2D eigenvalue weighted by Crippen LogP contribution is -2.13. The van der Waals surface area contributed by atoms with Crippen LogP contribution in [0.3, 0.4) is 0 Å². The Morgan fingerprint density at radius 1 is 1.58 bits per heavy atom. The highest BCUT2D eigenvalue weighted by Crippen LogP contribution is 2.19. The summed E-state index contributed by atoms with van der Waals surface area (Å²) in [5.41, 5.74) is 6.51. The number of nitrogens with two attached hydrogens (primary N) is 1. The first kappa shape index (κ1) is 9.07. The Morgan fingerprint density at radius 3 is 2.67 bits per heavy atom. The number of primary amides is 1. The topological polar surface area (TPSA) is 43.1 Å². The number of carbonyl (C=O) groups excluding carboxylic acids is 1. The van der Waals surface area contributed by atoms with Crippen LogP contribution in [0.25, 0.3) is 0 Å². The van der Waals surface area contributed by atoms with Crippen LogP contribution in [0.2, 0.25) is 5.02 Å². The van der Waals surface area contributed by atoms with Crippen LogP contribution >= 0.6 is 11.6 Å². The summed E-state index contributed by atoms with van der Waals surface area (Å²) in [7, 11) is 0. The largest absolute Gasteiger partial charge is 0.366 e. The fourth-order valence-corrected chi connectivity index (χ4v) is 1.46. The summed E-state index contributed by atoms with van der Waals surface area (Å²) >= 11 is 5.87. The average Bonchev–Trinajstić information content (AvgIpc) is 2.03. The van der Waals surface area contributed by atoms with E-state index in [0.29, 0.717) is 10.6 Å². The van der Waals surface area contributed by atoms with Gasteiger partial charge >= 0.3 is 0 Å². The zero-order valence-corrected chi connectivity index (χ0v) is 7.56. The molecule has 0 fully saturated rings. The molecule has 0 aliphatic heterocycles. The van der Waals surface area contributed by atoms with Gasteiger partial charge in [-0.05, 0) is 24.1 Å². The monoisotopic (exact) mass is 183 g/mol. The molecule has 1 rings (SSSR count). The molecule has 2 nitrogen and oxygen atoms in total. The summed E-state index contributed by atoms with van der Waals surface area (Å²) in [4.78, 5) is 10.9. The molecule has 0 saturated carbocycles. The van der Waals surface area contributed by atoms with E-state index < -0.39 is 5.91 Å². The van der Waals surface area contributed by atoms with Crippen LogP contribution in [0.5, 0.6) is 0 Å². The molecular formula is C9H10ClNO. The molecule has 0 unspecified atom stereocenters. The maximum atomic E-state index is 10.9. The minimum atomic E-state index is -0.422. The van der Waals surface area contributed by atoms with Crippen molar-refractivity contribution in [1.29, 1.82) is 0 Å². The zero-order valence-electron chi connectivity index (χ0n) is 6.80. The molecular weight excluding hydrogens is 174 g/mol. The summed E-state index contributed by atoms with van der Waals surface area (Å²) in [6.07, 6.45) is 0.720. The predicted octanol–water partition coefficient (Wildman–Crippen LogP) is 2.00. The van der Waals surface area contributed by atoms with Gasteiger partial charge in [0.2, 0.25) is 5.91 Å². The maximum absolute atomic E-state index is 10.9. The van der Waals surface area contributed by atoms with E-state index >= 15 is 0 Å². The summed E-state index contributed by atoms with van der Waals surface area (Å²) in [5, 5.41) is 0.605. The molecule has 0 bridgehead atoms. The van der Waals surface area contributed by atoms with Gasteiger partial charge in [-0.15, -0.1) is 0 Å². The van der Waals surface area contributed by atoms with Crippen molar-refractivity contribution in [2.75, 3.05) is 0 Å². The lowest BCUT2D eigenvalue weighted by molar-refractivity contribution is 0.0999. The van der Waals surface area contributed by atoms with Crippen molar-refractivity contribution >= 4 is 17.5 Å². The molecule has 12 heavy (non-hydrogen) atoms.